The van der Waals surface area contributed by atoms with Gasteiger partial charge in [-0.2, -0.15) is 0 Å². The van der Waals surface area contributed by atoms with Crippen LogP contribution in [0.4, 0.5) is 11.4 Å². The predicted molar refractivity (Wildman–Crippen MR) is 154 cm³/mol. The second-order valence-corrected chi connectivity index (χ2v) is 10.0. The second kappa shape index (κ2) is 10.7. The third kappa shape index (κ3) is 5.01. The summed E-state index contributed by atoms with van der Waals surface area (Å²) in [6.45, 7) is 2.01. The smallest absolute Gasteiger partial charge is 0.269 e. The lowest BCUT2D eigenvalue weighted by atomic mass is 10.1. The molecule has 10 heteroatoms. The lowest BCUT2D eigenvalue weighted by molar-refractivity contribution is -0.384. The fourth-order valence-electron chi connectivity index (χ4n) is 4.98. The van der Waals surface area contributed by atoms with Crippen LogP contribution in [0.3, 0.4) is 0 Å². The molecule has 0 spiro atoms. The number of hydrogen-bond donors (Lipinski definition) is 0. The van der Waals surface area contributed by atoms with Gasteiger partial charge in [0.1, 0.15) is 11.6 Å². The van der Waals surface area contributed by atoms with Crippen LogP contribution >= 0.6 is 0 Å². The maximum Gasteiger partial charge on any atom is 0.269 e. The maximum atomic E-state index is 13.7. The fraction of sp³-hybridized carbons (Fsp3) is 0.125. The number of para-hydroxylation sites is 2. The van der Waals surface area contributed by atoms with Gasteiger partial charge < -0.3 is 9.32 Å². The molecule has 0 saturated carbocycles. The molecular weight excluding hydrogens is 536 g/mol. The Morgan fingerprint density at radius 3 is 2.33 bits per heavy atom. The van der Waals surface area contributed by atoms with Crippen molar-refractivity contribution in [2.75, 3.05) is 4.90 Å². The molecule has 1 atom stereocenters. The van der Waals surface area contributed by atoms with Gasteiger partial charge in [-0.1, -0.05) is 42.0 Å². The van der Waals surface area contributed by atoms with Crippen molar-refractivity contribution in [3.8, 4) is 11.5 Å². The van der Waals surface area contributed by atoms with E-state index in [-0.39, 0.29) is 24.2 Å². The first-order valence-electron chi connectivity index (χ1n) is 13.2. The van der Waals surface area contributed by atoms with Gasteiger partial charge in [-0.15, -0.1) is 0 Å². The van der Waals surface area contributed by atoms with Crippen LogP contribution < -0.4 is 4.90 Å². The summed E-state index contributed by atoms with van der Waals surface area (Å²) in [6.07, 6.45) is -0.198. The molecule has 6 rings (SSSR count). The molecule has 3 amide bonds. The maximum absolute atomic E-state index is 13.7. The van der Waals surface area contributed by atoms with Crippen LogP contribution in [-0.4, -0.2) is 38.6 Å². The number of fused-ring (bicyclic) bond motifs is 1. The number of carbonyl (C=O) groups is 3. The first-order chi connectivity index (χ1) is 20.3. The minimum Gasteiger partial charge on any atom is -0.436 e. The third-order valence-electron chi connectivity index (χ3n) is 7.22. The Labute approximate surface area is 240 Å². The van der Waals surface area contributed by atoms with E-state index in [0.717, 1.165) is 21.5 Å². The zero-order valence-electron chi connectivity index (χ0n) is 22.5. The molecule has 0 radical (unpaired) electrons. The minimum atomic E-state index is -1.06. The normalized spacial score (nSPS) is 14.9. The van der Waals surface area contributed by atoms with Crippen LogP contribution in [-0.2, 0) is 16.1 Å². The third-order valence-corrected chi connectivity index (χ3v) is 7.22. The Morgan fingerprint density at radius 2 is 1.67 bits per heavy atom. The molecule has 1 fully saturated rings. The molecule has 1 aliphatic heterocycles. The summed E-state index contributed by atoms with van der Waals surface area (Å²) >= 11 is 0. The summed E-state index contributed by atoms with van der Waals surface area (Å²) in [5.41, 5.74) is 4.24. The van der Waals surface area contributed by atoms with E-state index >= 15 is 0 Å². The quantitative estimate of drug-likeness (QED) is 0.142. The number of aryl methyl sites for hydroxylation is 1. The number of anilines is 1. The molecule has 0 bridgehead atoms. The molecule has 1 unspecified atom stereocenters. The van der Waals surface area contributed by atoms with Gasteiger partial charge in [-0.25, -0.2) is 9.88 Å². The number of oxazole rings is 1. The number of aromatic nitrogens is 1. The summed E-state index contributed by atoms with van der Waals surface area (Å²) < 4.78 is 5.82. The van der Waals surface area contributed by atoms with Crippen LogP contribution in [0.15, 0.2) is 101 Å². The number of hydrogen-bond acceptors (Lipinski definition) is 7. The molecule has 208 valence electrons. The van der Waals surface area contributed by atoms with Gasteiger partial charge in [0.15, 0.2) is 5.58 Å². The Hall–Kier alpha value is -5.64. The Kier molecular flexibility index (Phi) is 6.79. The van der Waals surface area contributed by atoms with E-state index in [1.54, 1.807) is 24.3 Å². The van der Waals surface area contributed by atoms with E-state index in [0.29, 0.717) is 22.7 Å². The number of imide groups is 1. The van der Waals surface area contributed by atoms with Crippen molar-refractivity contribution in [1.29, 1.82) is 0 Å². The number of carbonyl (C=O) groups excluding carboxylic acids is 3. The van der Waals surface area contributed by atoms with Crippen molar-refractivity contribution in [2.45, 2.75) is 25.9 Å². The van der Waals surface area contributed by atoms with Crippen LogP contribution in [0.1, 0.15) is 27.9 Å². The number of non-ortho nitro benzene ring substituents is 1. The van der Waals surface area contributed by atoms with Crippen LogP contribution in [0.25, 0.3) is 22.6 Å². The number of nitro benzene ring substituents is 1. The Bertz CT molecular complexity index is 1800. The van der Waals surface area contributed by atoms with Crippen LogP contribution in [0, 0.1) is 17.0 Å². The fourth-order valence-corrected chi connectivity index (χ4v) is 4.98. The van der Waals surface area contributed by atoms with Gasteiger partial charge in [0.05, 0.1) is 17.0 Å². The van der Waals surface area contributed by atoms with E-state index < -0.39 is 28.7 Å². The summed E-state index contributed by atoms with van der Waals surface area (Å²) in [6, 6.07) is 25.8. The first kappa shape index (κ1) is 26.6. The van der Waals surface area contributed by atoms with Gasteiger partial charge in [0, 0.05) is 29.8 Å². The van der Waals surface area contributed by atoms with Crippen molar-refractivity contribution in [3.05, 3.63) is 124 Å². The summed E-state index contributed by atoms with van der Waals surface area (Å²) in [5, 5.41) is 11.1. The van der Waals surface area contributed by atoms with Crippen molar-refractivity contribution in [3.63, 3.8) is 0 Å². The zero-order chi connectivity index (χ0) is 29.4. The van der Waals surface area contributed by atoms with E-state index in [1.807, 2.05) is 55.5 Å². The number of benzene rings is 4. The molecule has 5 aromatic rings. The average Bonchev–Trinajstić information content (AvgIpc) is 3.57. The van der Waals surface area contributed by atoms with E-state index in [1.165, 1.54) is 29.2 Å². The Balaban J connectivity index is 1.29. The van der Waals surface area contributed by atoms with Gasteiger partial charge in [0.2, 0.25) is 11.8 Å². The monoisotopic (exact) mass is 560 g/mol. The molecule has 42 heavy (non-hydrogen) atoms. The van der Waals surface area contributed by atoms with E-state index in [9.17, 15) is 24.5 Å². The highest BCUT2D eigenvalue weighted by atomic mass is 16.6. The molecule has 0 aliphatic carbocycles. The molecule has 4 aromatic carbocycles. The molecule has 0 N–H and O–H groups in total. The minimum absolute atomic E-state index is 0.0737. The highest BCUT2D eigenvalue weighted by molar-refractivity contribution is 6.23. The number of nitrogens with zero attached hydrogens (tertiary/aromatic N) is 4. The number of rotatable bonds is 7. The van der Waals surface area contributed by atoms with Gasteiger partial charge in [-0.05, 0) is 61.0 Å². The van der Waals surface area contributed by atoms with Crippen molar-refractivity contribution in [1.82, 2.24) is 9.88 Å². The molecule has 10 nitrogen and oxygen atoms in total. The number of nitro groups is 1. The van der Waals surface area contributed by atoms with Crippen molar-refractivity contribution in [2.24, 2.45) is 0 Å². The van der Waals surface area contributed by atoms with Crippen molar-refractivity contribution >= 4 is 40.2 Å². The topological polar surface area (TPSA) is 127 Å². The molecule has 1 aromatic heterocycles. The average molecular weight is 561 g/mol. The second-order valence-electron chi connectivity index (χ2n) is 10.0. The van der Waals surface area contributed by atoms with E-state index in [4.69, 9.17) is 4.42 Å². The molecule has 2 heterocycles. The SMILES string of the molecule is Cc1ccc(CN(C(=O)c2ccc([N+](=O)[O-])cc2)C2CC(=O)N(c3ccc(-c4nc5ccccc5o4)cc3)C2=O)cc1. The number of amides is 3. The molecule has 1 aliphatic rings. The van der Waals surface area contributed by atoms with Gasteiger partial charge >= 0.3 is 0 Å². The largest absolute Gasteiger partial charge is 0.436 e. The summed E-state index contributed by atoms with van der Waals surface area (Å²) in [5.74, 6) is -1.07. The van der Waals surface area contributed by atoms with Gasteiger partial charge in [-0.3, -0.25) is 24.5 Å². The first-order valence-corrected chi connectivity index (χ1v) is 13.2. The Morgan fingerprint density at radius 1 is 0.976 bits per heavy atom. The molecule has 1 saturated heterocycles. The summed E-state index contributed by atoms with van der Waals surface area (Å²) in [4.78, 5) is 58.2. The lowest BCUT2D eigenvalue weighted by Gasteiger charge is -2.28. The summed E-state index contributed by atoms with van der Waals surface area (Å²) in [7, 11) is 0. The zero-order valence-corrected chi connectivity index (χ0v) is 22.5. The highest BCUT2D eigenvalue weighted by Crippen LogP contribution is 2.31. The van der Waals surface area contributed by atoms with Crippen LogP contribution in [0.2, 0.25) is 0 Å². The lowest BCUT2D eigenvalue weighted by Crippen LogP contribution is -2.45. The van der Waals surface area contributed by atoms with Gasteiger partial charge in [0.25, 0.3) is 17.5 Å². The standard InChI is InChI=1S/C32H24N4O6/c1-20-6-8-21(9-7-20)19-34(31(38)23-12-16-25(17-13-23)36(40)41)27-18-29(37)35(32(27)39)24-14-10-22(11-15-24)30-33-26-4-2-3-5-28(26)42-30/h2-17,27H,18-19H2,1H3. The molecular formula is C32H24N4O6. The van der Waals surface area contributed by atoms with Crippen molar-refractivity contribution < 1.29 is 23.7 Å². The predicted octanol–water partition coefficient (Wildman–Crippen LogP) is 5.69. The highest BCUT2D eigenvalue weighted by Gasteiger charge is 2.44. The van der Waals surface area contributed by atoms with Crippen LogP contribution in [0.5, 0.6) is 0 Å². The van der Waals surface area contributed by atoms with E-state index in [2.05, 4.69) is 4.98 Å².